The van der Waals surface area contributed by atoms with Crippen molar-refractivity contribution in [2.75, 3.05) is 5.32 Å². The Morgan fingerprint density at radius 1 is 0.812 bits per heavy atom. The summed E-state index contributed by atoms with van der Waals surface area (Å²) in [4.78, 5) is 25.8. The highest BCUT2D eigenvalue weighted by Crippen LogP contribution is 2.36. The van der Waals surface area contributed by atoms with Crippen molar-refractivity contribution in [2.24, 2.45) is 5.92 Å². The highest BCUT2D eigenvalue weighted by atomic mass is 32.1. The van der Waals surface area contributed by atoms with Gasteiger partial charge in [0.2, 0.25) is 5.78 Å². The molecule has 3 nitrogen and oxygen atoms in total. The number of fused-ring (bicyclic) bond motifs is 1. The first-order chi connectivity index (χ1) is 15.3. The number of nitrogens with one attached hydrogen (secondary N) is 1. The molecule has 0 radical (unpaired) electrons. The van der Waals surface area contributed by atoms with Crippen molar-refractivity contribution in [1.29, 1.82) is 0 Å². The van der Waals surface area contributed by atoms with E-state index in [-0.39, 0.29) is 4.88 Å². The van der Waals surface area contributed by atoms with E-state index in [1.54, 1.807) is 53.9 Å². The van der Waals surface area contributed by atoms with E-state index in [0.29, 0.717) is 11.3 Å². The number of anilines is 1. The smallest absolute Gasteiger partial charge is 0.377 e. The van der Waals surface area contributed by atoms with E-state index < -0.39 is 29.7 Å². The Labute approximate surface area is 186 Å². The first-order valence-corrected chi connectivity index (χ1v) is 10.7. The summed E-state index contributed by atoms with van der Waals surface area (Å²) in [6.45, 7) is 0. The Morgan fingerprint density at radius 3 is 2.16 bits per heavy atom. The van der Waals surface area contributed by atoms with Gasteiger partial charge in [0.15, 0.2) is 5.78 Å². The first-order valence-electron chi connectivity index (χ1n) is 9.83. The van der Waals surface area contributed by atoms with Crippen LogP contribution in [-0.2, 0) is 4.79 Å². The summed E-state index contributed by atoms with van der Waals surface area (Å²) in [6.07, 6.45) is -5.16. The molecule has 0 saturated carbocycles. The molecule has 0 unspecified atom stereocenters. The van der Waals surface area contributed by atoms with Crippen LogP contribution in [0.15, 0.2) is 90.3 Å². The van der Waals surface area contributed by atoms with Gasteiger partial charge in [0.25, 0.3) is 0 Å². The summed E-state index contributed by atoms with van der Waals surface area (Å²) in [5.41, 5.74) is 0.921. The van der Waals surface area contributed by atoms with Crippen molar-refractivity contribution in [3.63, 3.8) is 0 Å². The van der Waals surface area contributed by atoms with Gasteiger partial charge in [-0.2, -0.15) is 13.2 Å². The zero-order chi connectivity index (χ0) is 22.7. The minimum atomic E-state index is -5.16. The van der Waals surface area contributed by atoms with Crippen LogP contribution in [-0.4, -0.2) is 17.7 Å². The number of rotatable bonds is 7. The van der Waals surface area contributed by atoms with Crippen molar-refractivity contribution in [3.8, 4) is 0 Å². The van der Waals surface area contributed by atoms with E-state index in [1.807, 2.05) is 30.3 Å². The zero-order valence-electron chi connectivity index (χ0n) is 16.7. The molecule has 0 fully saturated rings. The number of ketones is 2. The van der Waals surface area contributed by atoms with E-state index >= 15 is 0 Å². The van der Waals surface area contributed by atoms with Crippen LogP contribution in [0, 0.1) is 5.92 Å². The number of hydrogen-bond donors (Lipinski definition) is 1. The fourth-order valence-corrected chi connectivity index (χ4v) is 4.35. The maximum Gasteiger partial charge on any atom is 0.450 e. The maximum atomic E-state index is 13.6. The minimum absolute atomic E-state index is 0.105. The molecular weight excluding hydrogens is 435 g/mol. The molecule has 0 aliphatic heterocycles. The molecule has 0 aliphatic carbocycles. The number of halogens is 3. The molecule has 0 bridgehead atoms. The van der Waals surface area contributed by atoms with E-state index in [9.17, 15) is 22.8 Å². The molecule has 162 valence electrons. The van der Waals surface area contributed by atoms with Gasteiger partial charge in [0.05, 0.1) is 10.9 Å². The molecule has 4 rings (SSSR count). The Kier molecular flexibility index (Phi) is 6.10. The number of thiophene rings is 1. The standard InChI is InChI=1S/C25H18F3NO2S/c26-25(27,28)24(31)21(23(30)20-11-6-14-32-20)22(17-8-2-1-3-9-17)29-19-13-12-16-7-4-5-10-18(16)15-19/h1-15,21-22,29H/t21-,22-/m1/s1. The minimum Gasteiger partial charge on any atom is -0.377 e. The van der Waals surface area contributed by atoms with E-state index in [0.717, 1.165) is 22.1 Å². The molecule has 7 heteroatoms. The summed E-state index contributed by atoms with van der Waals surface area (Å²) in [5, 5.41) is 6.49. The summed E-state index contributed by atoms with van der Waals surface area (Å²) >= 11 is 1.01. The lowest BCUT2D eigenvalue weighted by atomic mass is 9.85. The molecule has 1 N–H and O–H groups in total. The van der Waals surface area contributed by atoms with E-state index in [1.165, 1.54) is 6.07 Å². The van der Waals surface area contributed by atoms with Gasteiger partial charge in [-0.15, -0.1) is 11.3 Å². The molecule has 3 aromatic carbocycles. The van der Waals surface area contributed by atoms with Gasteiger partial charge < -0.3 is 5.32 Å². The number of carbonyl (C=O) groups excluding carboxylic acids is 2. The monoisotopic (exact) mass is 453 g/mol. The van der Waals surface area contributed by atoms with E-state index in [4.69, 9.17) is 0 Å². The number of benzene rings is 3. The first kappa shape index (κ1) is 21.8. The summed E-state index contributed by atoms with van der Waals surface area (Å²) in [5.74, 6) is -4.90. The second-order valence-electron chi connectivity index (χ2n) is 7.28. The number of Topliss-reactive ketones (excluding diaryl/α,β-unsaturated/α-hetero) is 2. The topological polar surface area (TPSA) is 46.2 Å². The summed E-state index contributed by atoms with van der Waals surface area (Å²) in [6, 6.07) is 23.0. The maximum absolute atomic E-state index is 13.6. The van der Waals surface area contributed by atoms with Gasteiger partial charge in [0.1, 0.15) is 5.92 Å². The van der Waals surface area contributed by atoms with Crippen LogP contribution in [0.5, 0.6) is 0 Å². The molecular formula is C25H18F3NO2S. The van der Waals surface area contributed by atoms with Crippen LogP contribution in [0.3, 0.4) is 0 Å². The lowest BCUT2D eigenvalue weighted by Crippen LogP contribution is -2.41. The lowest BCUT2D eigenvalue weighted by Gasteiger charge is -2.28. The molecule has 0 amide bonds. The third-order valence-electron chi connectivity index (χ3n) is 5.17. The molecule has 1 heterocycles. The quantitative estimate of drug-likeness (QED) is 0.251. The average molecular weight is 453 g/mol. The Balaban J connectivity index is 1.81. The third kappa shape index (κ3) is 4.57. The SMILES string of the molecule is O=C(c1cccs1)[C@H](C(=O)C(F)(F)F)[C@H](Nc1ccc2ccccc2c1)c1ccccc1. The van der Waals surface area contributed by atoms with Gasteiger partial charge in [-0.3, -0.25) is 9.59 Å². The second-order valence-corrected chi connectivity index (χ2v) is 8.22. The molecule has 0 saturated heterocycles. The van der Waals surface area contributed by atoms with Gasteiger partial charge in [-0.1, -0.05) is 66.7 Å². The van der Waals surface area contributed by atoms with E-state index in [2.05, 4.69) is 5.32 Å². The summed E-state index contributed by atoms with van der Waals surface area (Å²) in [7, 11) is 0. The van der Waals surface area contributed by atoms with Crippen LogP contribution in [0.1, 0.15) is 21.3 Å². The molecule has 1 aromatic heterocycles. The number of alkyl halides is 3. The predicted molar refractivity (Wildman–Crippen MR) is 120 cm³/mol. The van der Waals surface area contributed by atoms with Crippen molar-refractivity contribution >= 4 is 39.4 Å². The van der Waals surface area contributed by atoms with Gasteiger partial charge >= 0.3 is 6.18 Å². The molecule has 0 aliphatic rings. The van der Waals surface area contributed by atoms with Crippen molar-refractivity contribution < 1.29 is 22.8 Å². The van der Waals surface area contributed by atoms with Crippen LogP contribution in [0.4, 0.5) is 18.9 Å². The molecule has 4 aromatic rings. The molecule has 2 atom stereocenters. The Bertz CT molecular complexity index is 1240. The normalized spacial score (nSPS) is 13.5. The van der Waals surface area contributed by atoms with Crippen LogP contribution >= 0.6 is 11.3 Å². The van der Waals surface area contributed by atoms with Gasteiger partial charge in [-0.05, 0) is 39.9 Å². The predicted octanol–water partition coefficient (Wildman–Crippen LogP) is 6.69. The average Bonchev–Trinajstić information content (AvgIpc) is 3.33. The highest BCUT2D eigenvalue weighted by Gasteiger charge is 2.50. The third-order valence-corrected chi connectivity index (χ3v) is 6.06. The van der Waals surface area contributed by atoms with Gasteiger partial charge in [-0.25, -0.2) is 0 Å². The van der Waals surface area contributed by atoms with Crippen molar-refractivity contribution in [1.82, 2.24) is 0 Å². The molecule has 32 heavy (non-hydrogen) atoms. The Hall–Kier alpha value is -3.45. The Morgan fingerprint density at radius 2 is 1.50 bits per heavy atom. The zero-order valence-corrected chi connectivity index (χ0v) is 17.5. The number of hydrogen-bond acceptors (Lipinski definition) is 4. The fourth-order valence-electron chi connectivity index (χ4n) is 3.65. The van der Waals surface area contributed by atoms with Crippen molar-refractivity contribution in [3.05, 3.63) is 101 Å². The van der Waals surface area contributed by atoms with Gasteiger partial charge in [0, 0.05) is 5.69 Å². The lowest BCUT2D eigenvalue weighted by molar-refractivity contribution is -0.174. The largest absolute Gasteiger partial charge is 0.450 e. The van der Waals surface area contributed by atoms with Crippen LogP contribution in [0.25, 0.3) is 10.8 Å². The second kappa shape index (κ2) is 8.96. The van der Waals surface area contributed by atoms with Crippen LogP contribution < -0.4 is 5.32 Å². The molecule has 0 spiro atoms. The summed E-state index contributed by atoms with van der Waals surface area (Å²) < 4.78 is 40.8. The van der Waals surface area contributed by atoms with Crippen LogP contribution in [0.2, 0.25) is 0 Å². The van der Waals surface area contributed by atoms with Crippen molar-refractivity contribution in [2.45, 2.75) is 12.2 Å². The highest BCUT2D eigenvalue weighted by molar-refractivity contribution is 7.12. The number of carbonyl (C=O) groups is 2. The fraction of sp³-hybridized carbons (Fsp3) is 0.120.